The third-order valence-corrected chi connectivity index (χ3v) is 6.02. The molecule has 29 heavy (non-hydrogen) atoms. The Morgan fingerprint density at radius 3 is 2.72 bits per heavy atom. The highest BCUT2D eigenvalue weighted by Gasteiger charge is 2.28. The Balaban J connectivity index is 1.42. The molecule has 2 aromatic rings. The zero-order chi connectivity index (χ0) is 20.1. The molecule has 1 aromatic heterocycles. The number of benzene rings is 1. The molecular weight excluding hydrogens is 364 g/mol. The molecule has 1 N–H and O–H groups in total. The molecular formula is C23H32N4O2. The third kappa shape index (κ3) is 4.65. The van der Waals surface area contributed by atoms with Gasteiger partial charge in [-0.3, -0.25) is 9.89 Å². The summed E-state index contributed by atoms with van der Waals surface area (Å²) in [5, 5.41) is 3.61. The van der Waals surface area contributed by atoms with Crippen molar-refractivity contribution in [2.24, 2.45) is 4.99 Å². The summed E-state index contributed by atoms with van der Waals surface area (Å²) < 4.78 is 11.8. The van der Waals surface area contributed by atoms with E-state index in [9.17, 15) is 0 Å². The molecule has 4 rings (SSSR count). The van der Waals surface area contributed by atoms with E-state index in [1.54, 1.807) is 6.26 Å². The summed E-state index contributed by atoms with van der Waals surface area (Å²) in [5.41, 5.74) is 2.53. The van der Waals surface area contributed by atoms with Crippen molar-refractivity contribution in [3.63, 3.8) is 0 Å². The SMILES string of the molecule is CN=C(NCC(c1ccco1)N1CCCC1)N1CCOC(c2ccccc2C)C1. The minimum Gasteiger partial charge on any atom is -0.468 e. The molecule has 2 aliphatic rings. The lowest BCUT2D eigenvalue weighted by atomic mass is 10.0. The summed E-state index contributed by atoms with van der Waals surface area (Å²) in [6.45, 7) is 7.53. The van der Waals surface area contributed by atoms with Gasteiger partial charge in [0.15, 0.2) is 5.96 Å². The van der Waals surface area contributed by atoms with Crippen LogP contribution in [0.5, 0.6) is 0 Å². The van der Waals surface area contributed by atoms with Gasteiger partial charge in [-0.15, -0.1) is 0 Å². The molecule has 0 aliphatic carbocycles. The van der Waals surface area contributed by atoms with Crippen LogP contribution in [0, 0.1) is 6.92 Å². The van der Waals surface area contributed by atoms with Gasteiger partial charge in [-0.2, -0.15) is 0 Å². The molecule has 3 heterocycles. The van der Waals surface area contributed by atoms with Crippen LogP contribution in [0.3, 0.4) is 0 Å². The predicted molar refractivity (Wildman–Crippen MR) is 115 cm³/mol. The summed E-state index contributed by atoms with van der Waals surface area (Å²) in [6.07, 6.45) is 4.35. The third-order valence-electron chi connectivity index (χ3n) is 6.02. The predicted octanol–water partition coefficient (Wildman–Crippen LogP) is 3.37. The normalized spacial score (nSPS) is 22.1. The first-order valence-electron chi connectivity index (χ1n) is 10.7. The number of ether oxygens (including phenoxy) is 1. The molecule has 6 nitrogen and oxygen atoms in total. The molecule has 1 aromatic carbocycles. The second-order valence-electron chi connectivity index (χ2n) is 7.86. The molecule has 6 heteroatoms. The topological polar surface area (TPSA) is 53.2 Å². The van der Waals surface area contributed by atoms with Gasteiger partial charge in [-0.25, -0.2) is 0 Å². The summed E-state index contributed by atoms with van der Waals surface area (Å²) in [5.74, 6) is 1.96. The molecule has 0 saturated carbocycles. The van der Waals surface area contributed by atoms with Crippen LogP contribution in [0.2, 0.25) is 0 Å². The van der Waals surface area contributed by atoms with Crippen molar-refractivity contribution < 1.29 is 9.15 Å². The fraction of sp³-hybridized carbons (Fsp3) is 0.522. The standard InChI is InChI=1S/C23H32N4O2/c1-18-8-3-4-9-19(18)22-17-27(13-15-29-22)23(24-2)25-16-20(21-10-7-14-28-21)26-11-5-6-12-26/h3-4,7-10,14,20,22H,5-6,11-13,15-17H2,1-2H3,(H,24,25). The van der Waals surface area contributed by atoms with Crippen LogP contribution in [0.1, 0.15) is 41.9 Å². The lowest BCUT2D eigenvalue weighted by Crippen LogP contribution is -2.50. The average Bonchev–Trinajstić information content (AvgIpc) is 3.46. The lowest BCUT2D eigenvalue weighted by molar-refractivity contribution is -0.00843. The zero-order valence-electron chi connectivity index (χ0n) is 17.5. The van der Waals surface area contributed by atoms with E-state index in [1.807, 2.05) is 13.1 Å². The van der Waals surface area contributed by atoms with Crippen molar-refractivity contribution in [2.45, 2.75) is 31.9 Å². The highest BCUT2D eigenvalue weighted by molar-refractivity contribution is 5.80. The van der Waals surface area contributed by atoms with Gasteiger partial charge in [-0.1, -0.05) is 24.3 Å². The number of likely N-dealkylation sites (tertiary alicyclic amines) is 1. The van der Waals surface area contributed by atoms with Crippen molar-refractivity contribution >= 4 is 5.96 Å². The largest absolute Gasteiger partial charge is 0.468 e. The van der Waals surface area contributed by atoms with E-state index in [0.29, 0.717) is 6.61 Å². The number of aliphatic imine (C=N–C) groups is 1. The summed E-state index contributed by atoms with van der Waals surface area (Å²) in [7, 11) is 1.86. The number of hydrogen-bond donors (Lipinski definition) is 1. The highest BCUT2D eigenvalue weighted by atomic mass is 16.5. The molecule has 156 valence electrons. The molecule has 2 saturated heterocycles. The molecule has 0 bridgehead atoms. The minimum atomic E-state index is 0.0722. The van der Waals surface area contributed by atoms with Crippen molar-refractivity contribution in [1.82, 2.24) is 15.1 Å². The number of nitrogens with zero attached hydrogens (tertiary/aromatic N) is 3. The Morgan fingerprint density at radius 1 is 1.17 bits per heavy atom. The Hall–Kier alpha value is -2.31. The number of furan rings is 1. The van der Waals surface area contributed by atoms with E-state index in [1.165, 1.54) is 24.0 Å². The average molecular weight is 397 g/mol. The molecule has 2 unspecified atom stereocenters. The van der Waals surface area contributed by atoms with E-state index in [4.69, 9.17) is 9.15 Å². The Morgan fingerprint density at radius 2 is 2.00 bits per heavy atom. The van der Waals surface area contributed by atoms with Gasteiger partial charge < -0.3 is 19.4 Å². The van der Waals surface area contributed by atoms with E-state index in [-0.39, 0.29) is 12.1 Å². The molecule has 2 fully saturated rings. The fourth-order valence-corrected chi connectivity index (χ4v) is 4.44. The maximum absolute atomic E-state index is 6.09. The summed E-state index contributed by atoms with van der Waals surface area (Å²) >= 11 is 0. The van der Waals surface area contributed by atoms with Gasteiger partial charge in [0, 0.05) is 20.1 Å². The van der Waals surface area contributed by atoms with Crippen LogP contribution in [0.15, 0.2) is 52.1 Å². The van der Waals surface area contributed by atoms with Gasteiger partial charge in [-0.05, 0) is 56.1 Å². The first-order valence-corrected chi connectivity index (χ1v) is 10.7. The minimum absolute atomic E-state index is 0.0722. The van der Waals surface area contributed by atoms with Gasteiger partial charge in [0.2, 0.25) is 0 Å². The van der Waals surface area contributed by atoms with Crippen molar-refractivity contribution in [2.75, 3.05) is 46.4 Å². The second-order valence-corrected chi connectivity index (χ2v) is 7.86. The van der Waals surface area contributed by atoms with Crippen molar-refractivity contribution in [1.29, 1.82) is 0 Å². The Kier molecular flexibility index (Phi) is 6.52. The van der Waals surface area contributed by atoms with Gasteiger partial charge >= 0.3 is 0 Å². The first-order chi connectivity index (χ1) is 14.3. The monoisotopic (exact) mass is 396 g/mol. The van der Waals surface area contributed by atoms with E-state index in [0.717, 1.165) is 44.4 Å². The van der Waals surface area contributed by atoms with Crippen LogP contribution in [-0.2, 0) is 4.74 Å². The van der Waals surface area contributed by atoms with Crippen LogP contribution >= 0.6 is 0 Å². The number of hydrogen-bond acceptors (Lipinski definition) is 4. The van der Waals surface area contributed by atoms with Crippen LogP contribution in [0.4, 0.5) is 0 Å². The highest BCUT2D eigenvalue weighted by Crippen LogP contribution is 2.26. The van der Waals surface area contributed by atoms with Gasteiger partial charge in [0.25, 0.3) is 0 Å². The number of aryl methyl sites for hydroxylation is 1. The van der Waals surface area contributed by atoms with E-state index < -0.39 is 0 Å². The quantitative estimate of drug-likeness (QED) is 0.620. The summed E-state index contributed by atoms with van der Waals surface area (Å²) in [6, 6.07) is 12.8. The van der Waals surface area contributed by atoms with Gasteiger partial charge in [0.1, 0.15) is 11.9 Å². The maximum Gasteiger partial charge on any atom is 0.193 e. The smallest absolute Gasteiger partial charge is 0.193 e. The van der Waals surface area contributed by atoms with Gasteiger partial charge in [0.05, 0.1) is 25.5 Å². The maximum atomic E-state index is 6.09. The van der Waals surface area contributed by atoms with E-state index in [2.05, 4.69) is 57.4 Å². The number of morpholine rings is 1. The number of rotatable bonds is 5. The second kappa shape index (κ2) is 9.46. The number of nitrogens with one attached hydrogen (secondary N) is 1. The Bertz CT molecular complexity index is 799. The fourth-order valence-electron chi connectivity index (χ4n) is 4.44. The van der Waals surface area contributed by atoms with Crippen molar-refractivity contribution in [3.05, 3.63) is 59.5 Å². The Labute approximate surface area is 173 Å². The molecule has 0 radical (unpaired) electrons. The van der Waals surface area contributed by atoms with Crippen LogP contribution in [-0.4, -0.2) is 62.1 Å². The molecule has 2 aliphatic heterocycles. The van der Waals surface area contributed by atoms with Crippen LogP contribution < -0.4 is 5.32 Å². The molecule has 0 spiro atoms. The van der Waals surface area contributed by atoms with Crippen molar-refractivity contribution in [3.8, 4) is 0 Å². The first kappa shape index (κ1) is 20.0. The van der Waals surface area contributed by atoms with E-state index >= 15 is 0 Å². The number of guanidine groups is 1. The summed E-state index contributed by atoms with van der Waals surface area (Å²) in [4.78, 5) is 9.39. The molecule has 2 atom stereocenters. The lowest BCUT2D eigenvalue weighted by Gasteiger charge is -2.36. The zero-order valence-corrected chi connectivity index (χ0v) is 17.5. The molecule has 0 amide bonds. The van der Waals surface area contributed by atoms with Crippen LogP contribution in [0.25, 0.3) is 0 Å².